The van der Waals surface area contributed by atoms with E-state index < -0.39 is 22.7 Å². The molecule has 1 atom stereocenters. The number of rotatable bonds is 2. The zero-order valence-corrected chi connectivity index (χ0v) is 12.5. The molecule has 0 aromatic carbocycles. The predicted octanol–water partition coefficient (Wildman–Crippen LogP) is 2.67. The summed E-state index contributed by atoms with van der Waals surface area (Å²) in [4.78, 5) is 11.7. The standard InChI is InChI=1S/C10H6Cl2F3N3O2S/c1-20-7-4(11)2-5(8(21)6(7)12)17-3-16-18(9(17)19)10(13,14)15/h2-3,5H,1H3. The maximum absolute atomic E-state index is 12.6. The molecule has 11 heteroatoms. The Morgan fingerprint density at radius 2 is 2.05 bits per heavy atom. The molecule has 0 spiro atoms. The molecule has 1 heterocycles. The third-order valence-electron chi connectivity index (χ3n) is 2.64. The highest BCUT2D eigenvalue weighted by Gasteiger charge is 2.37. The lowest BCUT2D eigenvalue weighted by Gasteiger charge is -2.21. The van der Waals surface area contributed by atoms with E-state index in [4.69, 9.17) is 40.2 Å². The molecule has 1 aliphatic rings. The van der Waals surface area contributed by atoms with Crippen LogP contribution in [0.5, 0.6) is 0 Å². The summed E-state index contributed by atoms with van der Waals surface area (Å²) in [6.45, 7) is 0. The third-order valence-corrected chi connectivity index (χ3v) is 3.87. The molecule has 0 radical (unpaired) electrons. The minimum absolute atomic E-state index is 0.00161. The number of nitrogens with zero attached hydrogens (tertiary/aromatic N) is 3. The van der Waals surface area contributed by atoms with Gasteiger partial charge in [0.25, 0.3) is 0 Å². The smallest absolute Gasteiger partial charge is 0.494 e. The highest BCUT2D eigenvalue weighted by molar-refractivity contribution is 7.81. The fraction of sp³-hybridized carbons (Fsp3) is 0.300. The largest absolute Gasteiger partial charge is 0.509 e. The van der Waals surface area contributed by atoms with Crippen LogP contribution in [0.2, 0.25) is 0 Å². The molecule has 5 nitrogen and oxygen atoms in total. The lowest BCUT2D eigenvalue weighted by molar-refractivity contribution is -0.214. The van der Waals surface area contributed by atoms with Crippen LogP contribution in [0, 0.1) is 0 Å². The Bertz CT molecular complexity index is 720. The van der Waals surface area contributed by atoms with Gasteiger partial charge in [-0.05, 0) is 6.08 Å². The van der Waals surface area contributed by atoms with Crippen molar-refractivity contribution in [3.05, 3.63) is 38.7 Å². The van der Waals surface area contributed by atoms with Crippen LogP contribution in [-0.2, 0) is 11.0 Å². The van der Waals surface area contributed by atoms with E-state index >= 15 is 0 Å². The SMILES string of the molecule is COC1=C(Cl)C(=S)C(n2cnn(C(F)(F)F)c2=O)C=C1Cl. The lowest BCUT2D eigenvalue weighted by atomic mass is 10.1. The summed E-state index contributed by atoms with van der Waals surface area (Å²) in [6, 6.07) is -1.05. The molecule has 0 aliphatic heterocycles. The molecule has 0 N–H and O–H groups in total. The first-order chi connectivity index (χ1) is 9.68. The number of alkyl halides is 3. The van der Waals surface area contributed by atoms with Crippen LogP contribution in [0.15, 0.2) is 33.0 Å². The molecule has 0 saturated heterocycles. The predicted molar refractivity (Wildman–Crippen MR) is 73.2 cm³/mol. The van der Waals surface area contributed by atoms with E-state index in [0.29, 0.717) is 4.57 Å². The second-order valence-corrected chi connectivity index (χ2v) is 5.10. The zero-order valence-electron chi connectivity index (χ0n) is 10.2. The quantitative estimate of drug-likeness (QED) is 0.761. The Balaban J connectivity index is 2.51. The molecule has 1 unspecified atom stereocenters. The van der Waals surface area contributed by atoms with Crippen LogP contribution < -0.4 is 5.69 Å². The summed E-state index contributed by atoms with van der Waals surface area (Å²) in [7, 11) is 1.31. The minimum atomic E-state index is -4.93. The van der Waals surface area contributed by atoms with E-state index in [1.54, 1.807) is 0 Å². The number of allylic oxidation sites excluding steroid dienone is 3. The van der Waals surface area contributed by atoms with Crippen LogP contribution in [0.1, 0.15) is 6.04 Å². The van der Waals surface area contributed by atoms with E-state index in [1.165, 1.54) is 13.2 Å². The van der Waals surface area contributed by atoms with E-state index in [1.807, 2.05) is 0 Å². The summed E-state index contributed by atoms with van der Waals surface area (Å²) in [5, 5.41) is 3.00. The second kappa shape index (κ2) is 5.47. The van der Waals surface area contributed by atoms with Gasteiger partial charge >= 0.3 is 12.0 Å². The van der Waals surface area contributed by atoms with Gasteiger partial charge in [0, 0.05) is 0 Å². The van der Waals surface area contributed by atoms with Gasteiger partial charge in [0.2, 0.25) is 0 Å². The van der Waals surface area contributed by atoms with Crippen molar-refractivity contribution in [2.24, 2.45) is 0 Å². The van der Waals surface area contributed by atoms with E-state index in [0.717, 1.165) is 6.33 Å². The van der Waals surface area contributed by atoms with Crippen molar-refractivity contribution in [2.45, 2.75) is 12.3 Å². The normalized spacial score (nSPS) is 19.8. The van der Waals surface area contributed by atoms with Crippen LogP contribution >= 0.6 is 35.4 Å². The fourth-order valence-corrected chi connectivity index (χ4v) is 2.61. The second-order valence-electron chi connectivity index (χ2n) is 3.87. The first-order valence-corrected chi connectivity index (χ1v) is 6.44. The highest BCUT2D eigenvalue weighted by Crippen LogP contribution is 2.34. The topological polar surface area (TPSA) is 49.0 Å². The van der Waals surface area contributed by atoms with Crippen LogP contribution in [0.3, 0.4) is 0 Å². The molecule has 1 aromatic heterocycles. The van der Waals surface area contributed by atoms with Gasteiger partial charge in [-0.15, -0.1) is 17.9 Å². The molecule has 0 amide bonds. The maximum atomic E-state index is 12.6. The van der Waals surface area contributed by atoms with Gasteiger partial charge in [0.05, 0.1) is 23.0 Å². The first-order valence-electron chi connectivity index (χ1n) is 5.27. The van der Waals surface area contributed by atoms with Crippen molar-refractivity contribution < 1.29 is 17.9 Å². The third kappa shape index (κ3) is 2.72. The average Bonchev–Trinajstić information content (AvgIpc) is 2.76. The number of hydrogen-bond donors (Lipinski definition) is 0. The Kier molecular flexibility index (Phi) is 4.18. The van der Waals surface area contributed by atoms with E-state index in [9.17, 15) is 18.0 Å². The number of aromatic nitrogens is 3. The van der Waals surface area contributed by atoms with Gasteiger partial charge in [-0.1, -0.05) is 35.4 Å². The van der Waals surface area contributed by atoms with Crippen LogP contribution in [-0.4, -0.2) is 26.3 Å². The zero-order chi connectivity index (χ0) is 15.9. The van der Waals surface area contributed by atoms with Gasteiger partial charge in [-0.3, -0.25) is 4.57 Å². The molecule has 21 heavy (non-hydrogen) atoms. The van der Waals surface area contributed by atoms with Gasteiger partial charge in [0.1, 0.15) is 11.4 Å². The monoisotopic (exact) mass is 359 g/mol. The van der Waals surface area contributed by atoms with Crippen molar-refractivity contribution in [1.29, 1.82) is 0 Å². The molecule has 0 saturated carbocycles. The first kappa shape index (κ1) is 16.1. The summed E-state index contributed by atoms with van der Waals surface area (Å²) in [5.41, 5.74) is -1.40. The summed E-state index contributed by atoms with van der Waals surface area (Å²) >= 11 is 16.9. The average molecular weight is 360 g/mol. The van der Waals surface area contributed by atoms with Crippen molar-refractivity contribution in [2.75, 3.05) is 7.11 Å². The van der Waals surface area contributed by atoms with Crippen molar-refractivity contribution >= 4 is 40.3 Å². The maximum Gasteiger partial charge on any atom is 0.509 e. The van der Waals surface area contributed by atoms with Gasteiger partial charge in [-0.25, -0.2) is 4.79 Å². The number of hydrogen-bond acceptors (Lipinski definition) is 4. The van der Waals surface area contributed by atoms with Crippen molar-refractivity contribution in [3.8, 4) is 0 Å². The minimum Gasteiger partial charge on any atom is -0.494 e. The fourth-order valence-electron chi connectivity index (χ4n) is 1.71. The molecule has 1 aliphatic carbocycles. The molecule has 114 valence electrons. The van der Waals surface area contributed by atoms with E-state index in [2.05, 4.69) is 5.10 Å². The van der Waals surface area contributed by atoms with Gasteiger partial charge < -0.3 is 4.74 Å². The molecular formula is C10H6Cl2F3N3O2S. The van der Waals surface area contributed by atoms with Crippen molar-refractivity contribution in [3.63, 3.8) is 0 Å². The van der Waals surface area contributed by atoms with E-state index in [-0.39, 0.29) is 20.7 Å². The highest BCUT2D eigenvalue weighted by atomic mass is 35.5. The van der Waals surface area contributed by atoms with Gasteiger partial charge in [0.15, 0.2) is 5.76 Å². The Morgan fingerprint density at radius 1 is 1.43 bits per heavy atom. The number of ether oxygens (including phenoxy) is 1. The number of halogens is 5. The Hall–Kier alpha value is -1.32. The Morgan fingerprint density at radius 3 is 2.52 bits per heavy atom. The van der Waals surface area contributed by atoms with Crippen molar-refractivity contribution in [1.82, 2.24) is 14.3 Å². The molecule has 2 rings (SSSR count). The van der Waals surface area contributed by atoms with Gasteiger partial charge in [-0.2, -0.15) is 5.10 Å². The summed E-state index contributed by atoms with van der Waals surface area (Å²) in [6.07, 6.45) is -2.95. The number of thiocarbonyl (C=S) groups is 1. The molecule has 0 bridgehead atoms. The summed E-state index contributed by atoms with van der Waals surface area (Å²) in [5.74, 6) is 0.0934. The number of methoxy groups -OCH3 is 1. The van der Waals surface area contributed by atoms with Crippen LogP contribution in [0.25, 0.3) is 0 Å². The molecular weight excluding hydrogens is 354 g/mol. The Labute approximate surface area is 131 Å². The molecule has 1 aromatic rings. The lowest BCUT2D eigenvalue weighted by Crippen LogP contribution is -2.36. The van der Waals surface area contributed by atoms with Crippen LogP contribution in [0.4, 0.5) is 13.2 Å². The summed E-state index contributed by atoms with van der Waals surface area (Å²) < 4.78 is 42.7. The molecule has 0 fully saturated rings.